The summed E-state index contributed by atoms with van der Waals surface area (Å²) in [6.45, 7) is 4.29. The fraction of sp³-hybridized carbons (Fsp3) is 0.643. The van der Waals surface area contributed by atoms with E-state index in [-0.39, 0.29) is 5.91 Å². The molecule has 1 fully saturated rings. The second kappa shape index (κ2) is 5.21. The molecular weight excluding hydrogens is 230 g/mol. The third-order valence-corrected chi connectivity index (χ3v) is 4.94. The number of carbonyl (C=O) groups excluding carboxylic acids is 1. The zero-order chi connectivity index (χ0) is 12.4. The van der Waals surface area contributed by atoms with Crippen molar-refractivity contribution < 1.29 is 4.79 Å². The number of carbonyl (C=O) groups is 1. The van der Waals surface area contributed by atoms with Crippen LogP contribution < -0.4 is 0 Å². The van der Waals surface area contributed by atoms with Gasteiger partial charge in [-0.15, -0.1) is 11.3 Å². The van der Waals surface area contributed by atoms with Gasteiger partial charge in [0.05, 0.1) is 4.88 Å². The van der Waals surface area contributed by atoms with Crippen LogP contribution in [0.4, 0.5) is 0 Å². The van der Waals surface area contributed by atoms with Crippen LogP contribution in [0.2, 0.25) is 0 Å². The van der Waals surface area contributed by atoms with Crippen molar-refractivity contribution in [1.29, 1.82) is 0 Å². The summed E-state index contributed by atoms with van der Waals surface area (Å²) in [5.74, 6) is 0.842. The van der Waals surface area contributed by atoms with E-state index < -0.39 is 0 Å². The predicted molar refractivity (Wildman–Crippen MR) is 72.6 cm³/mol. The number of thiophene rings is 1. The normalized spacial score (nSPS) is 24.6. The van der Waals surface area contributed by atoms with Crippen molar-refractivity contribution in [2.75, 3.05) is 7.05 Å². The first-order valence-electron chi connectivity index (χ1n) is 6.42. The number of aryl methyl sites for hydroxylation is 1. The van der Waals surface area contributed by atoms with E-state index in [1.165, 1.54) is 19.3 Å². The van der Waals surface area contributed by atoms with E-state index in [2.05, 4.69) is 6.92 Å². The summed E-state index contributed by atoms with van der Waals surface area (Å²) < 4.78 is 0. The van der Waals surface area contributed by atoms with Gasteiger partial charge in [-0.2, -0.15) is 0 Å². The summed E-state index contributed by atoms with van der Waals surface area (Å²) in [5.41, 5.74) is 1.11. The summed E-state index contributed by atoms with van der Waals surface area (Å²) in [6, 6.07) is 2.45. The zero-order valence-electron chi connectivity index (χ0n) is 10.9. The van der Waals surface area contributed by atoms with Crippen molar-refractivity contribution in [1.82, 2.24) is 4.90 Å². The Kier molecular flexibility index (Phi) is 3.87. The monoisotopic (exact) mass is 251 g/mol. The van der Waals surface area contributed by atoms with Crippen LogP contribution in [0.1, 0.15) is 47.8 Å². The van der Waals surface area contributed by atoms with Crippen molar-refractivity contribution in [3.63, 3.8) is 0 Å². The van der Waals surface area contributed by atoms with Gasteiger partial charge in [0.25, 0.3) is 5.91 Å². The van der Waals surface area contributed by atoms with Crippen molar-refractivity contribution in [3.05, 3.63) is 21.9 Å². The number of hydrogen-bond acceptors (Lipinski definition) is 2. The van der Waals surface area contributed by atoms with Crippen molar-refractivity contribution in [2.45, 2.75) is 45.6 Å². The van der Waals surface area contributed by atoms with E-state index in [1.54, 1.807) is 11.3 Å². The lowest BCUT2D eigenvalue weighted by atomic mass is 9.85. The van der Waals surface area contributed by atoms with Crippen LogP contribution in [0, 0.1) is 12.8 Å². The SMILES string of the molecule is Cc1ccsc1C(=O)N(C)C1CCCCC1C. The van der Waals surface area contributed by atoms with Gasteiger partial charge < -0.3 is 4.90 Å². The molecule has 0 aromatic carbocycles. The molecule has 1 heterocycles. The molecule has 1 aromatic rings. The van der Waals surface area contributed by atoms with Gasteiger partial charge in [-0.1, -0.05) is 19.8 Å². The molecule has 94 valence electrons. The molecule has 1 aromatic heterocycles. The Morgan fingerprint density at radius 2 is 2.12 bits per heavy atom. The highest BCUT2D eigenvalue weighted by Crippen LogP contribution is 2.29. The van der Waals surface area contributed by atoms with Gasteiger partial charge in [-0.3, -0.25) is 4.79 Å². The second-order valence-corrected chi connectivity index (χ2v) is 6.09. The first-order chi connectivity index (χ1) is 8.11. The van der Waals surface area contributed by atoms with Crippen molar-refractivity contribution in [2.24, 2.45) is 5.92 Å². The molecule has 0 N–H and O–H groups in total. The number of amides is 1. The molecule has 0 saturated heterocycles. The highest BCUT2D eigenvalue weighted by molar-refractivity contribution is 7.12. The van der Waals surface area contributed by atoms with Gasteiger partial charge in [0, 0.05) is 13.1 Å². The fourth-order valence-electron chi connectivity index (χ4n) is 2.77. The number of rotatable bonds is 2. The molecule has 2 unspecified atom stereocenters. The van der Waals surface area contributed by atoms with Crippen LogP contribution in [0.5, 0.6) is 0 Å². The molecule has 1 aliphatic carbocycles. The first-order valence-corrected chi connectivity index (χ1v) is 7.30. The minimum absolute atomic E-state index is 0.205. The molecule has 0 bridgehead atoms. The molecular formula is C14H21NOS. The maximum Gasteiger partial charge on any atom is 0.264 e. The highest BCUT2D eigenvalue weighted by atomic mass is 32.1. The van der Waals surface area contributed by atoms with Crippen LogP contribution >= 0.6 is 11.3 Å². The molecule has 1 amide bonds. The quantitative estimate of drug-likeness (QED) is 0.784. The Hall–Kier alpha value is -0.830. The molecule has 0 spiro atoms. The fourth-order valence-corrected chi connectivity index (χ4v) is 3.68. The summed E-state index contributed by atoms with van der Waals surface area (Å²) >= 11 is 1.56. The summed E-state index contributed by atoms with van der Waals surface area (Å²) in [4.78, 5) is 15.3. The van der Waals surface area contributed by atoms with E-state index in [9.17, 15) is 4.79 Å². The smallest absolute Gasteiger partial charge is 0.264 e. The van der Waals surface area contributed by atoms with Crippen molar-refractivity contribution in [3.8, 4) is 0 Å². The lowest BCUT2D eigenvalue weighted by molar-refractivity contribution is 0.0633. The maximum absolute atomic E-state index is 12.4. The topological polar surface area (TPSA) is 20.3 Å². The van der Waals surface area contributed by atoms with Crippen LogP contribution in [-0.4, -0.2) is 23.9 Å². The molecule has 3 heteroatoms. The Labute approximate surface area is 108 Å². The van der Waals surface area contributed by atoms with Crippen molar-refractivity contribution >= 4 is 17.2 Å². The Morgan fingerprint density at radius 1 is 1.41 bits per heavy atom. The van der Waals surface area contributed by atoms with E-state index in [4.69, 9.17) is 0 Å². The van der Waals surface area contributed by atoms with Crippen LogP contribution in [0.25, 0.3) is 0 Å². The van der Waals surface area contributed by atoms with E-state index in [0.717, 1.165) is 16.9 Å². The van der Waals surface area contributed by atoms with E-state index >= 15 is 0 Å². The first kappa shape index (κ1) is 12.6. The standard InChI is InChI=1S/C14H21NOS/c1-10-6-4-5-7-12(10)15(3)14(16)13-11(2)8-9-17-13/h8-10,12H,4-7H2,1-3H3. The van der Waals surface area contributed by atoms with E-state index in [1.807, 2.05) is 30.3 Å². The summed E-state index contributed by atoms with van der Waals surface area (Å²) in [6.07, 6.45) is 4.99. The van der Waals surface area contributed by atoms with Gasteiger partial charge in [-0.05, 0) is 42.7 Å². The lowest BCUT2D eigenvalue weighted by Gasteiger charge is -2.36. The van der Waals surface area contributed by atoms with Gasteiger partial charge in [0.15, 0.2) is 0 Å². The average molecular weight is 251 g/mol. The summed E-state index contributed by atoms with van der Waals surface area (Å²) in [5, 5.41) is 2.00. The molecule has 2 atom stereocenters. The molecule has 0 aliphatic heterocycles. The van der Waals surface area contributed by atoms with Gasteiger partial charge in [-0.25, -0.2) is 0 Å². The lowest BCUT2D eigenvalue weighted by Crippen LogP contribution is -2.42. The Bertz CT molecular complexity index is 399. The molecule has 1 aliphatic rings. The third kappa shape index (κ3) is 2.54. The molecule has 0 radical (unpaired) electrons. The molecule has 2 rings (SSSR count). The van der Waals surface area contributed by atoms with Gasteiger partial charge in [0.2, 0.25) is 0 Å². The van der Waals surface area contributed by atoms with Gasteiger partial charge >= 0.3 is 0 Å². The maximum atomic E-state index is 12.4. The van der Waals surface area contributed by atoms with Crippen LogP contribution in [0.15, 0.2) is 11.4 Å². The minimum Gasteiger partial charge on any atom is -0.338 e. The van der Waals surface area contributed by atoms with Crippen LogP contribution in [-0.2, 0) is 0 Å². The third-order valence-electron chi connectivity index (χ3n) is 3.94. The minimum atomic E-state index is 0.205. The predicted octanol–water partition coefficient (Wildman–Crippen LogP) is 3.71. The highest BCUT2D eigenvalue weighted by Gasteiger charge is 2.29. The van der Waals surface area contributed by atoms with Crippen LogP contribution in [0.3, 0.4) is 0 Å². The average Bonchev–Trinajstić information content (AvgIpc) is 2.74. The van der Waals surface area contributed by atoms with Gasteiger partial charge in [0.1, 0.15) is 0 Å². The number of hydrogen-bond donors (Lipinski definition) is 0. The Balaban J connectivity index is 2.11. The second-order valence-electron chi connectivity index (χ2n) is 5.18. The molecule has 17 heavy (non-hydrogen) atoms. The molecule has 1 saturated carbocycles. The zero-order valence-corrected chi connectivity index (χ0v) is 11.7. The molecule has 2 nitrogen and oxygen atoms in total. The Morgan fingerprint density at radius 3 is 2.71 bits per heavy atom. The summed E-state index contributed by atoms with van der Waals surface area (Å²) in [7, 11) is 1.97. The largest absolute Gasteiger partial charge is 0.338 e. The van der Waals surface area contributed by atoms with E-state index in [0.29, 0.717) is 12.0 Å². The number of nitrogens with zero attached hydrogens (tertiary/aromatic N) is 1.